The van der Waals surface area contributed by atoms with Crippen LogP contribution in [0.4, 0.5) is 5.82 Å². The van der Waals surface area contributed by atoms with Crippen LogP contribution in [0.5, 0.6) is 0 Å². The number of nitrogen functional groups attached to an aromatic ring is 1. The first-order chi connectivity index (χ1) is 10.8. The van der Waals surface area contributed by atoms with Gasteiger partial charge >= 0.3 is 0 Å². The Morgan fingerprint density at radius 2 is 1.77 bits per heavy atom. The maximum atomic E-state index is 12.9. The van der Waals surface area contributed by atoms with Gasteiger partial charge in [0.1, 0.15) is 23.4 Å². The minimum absolute atomic E-state index is 0.0881. The van der Waals surface area contributed by atoms with Crippen LogP contribution in [-0.2, 0) is 0 Å². The second-order valence-electron chi connectivity index (χ2n) is 4.98. The summed E-state index contributed by atoms with van der Waals surface area (Å²) in [5.74, 6) is 0.288. The first-order valence-corrected chi connectivity index (χ1v) is 6.86. The summed E-state index contributed by atoms with van der Waals surface area (Å²) in [5, 5.41) is 0.711. The predicted molar refractivity (Wildman–Crippen MR) is 84.8 cm³/mol. The molecule has 106 valence electrons. The lowest BCUT2D eigenvalue weighted by atomic mass is 10.1. The SMILES string of the molecule is Nc1ncnc2c(C(=O)c3ccccc3)n3ccccc3c12. The van der Waals surface area contributed by atoms with Gasteiger partial charge in [-0.2, -0.15) is 0 Å². The van der Waals surface area contributed by atoms with Gasteiger partial charge in [0.25, 0.3) is 0 Å². The number of nitrogens with zero attached hydrogens (tertiary/aromatic N) is 3. The number of hydrogen-bond donors (Lipinski definition) is 1. The molecule has 0 fully saturated rings. The highest BCUT2D eigenvalue weighted by molar-refractivity contribution is 6.19. The molecule has 3 aromatic heterocycles. The maximum Gasteiger partial charge on any atom is 0.211 e. The highest BCUT2D eigenvalue weighted by Crippen LogP contribution is 2.29. The van der Waals surface area contributed by atoms with Crippen LogP contribution < -0.4 is 5.73 Å². The number of benzene rings is 1. The number of fused-ring (bicyclic) bond motifs is 3. The topological polar surface area (TPSA) is 73.3 Å². The van der Waals surface area contributed by atoms with Crippen molar-refractivity contribution in [2.75, 3.05) is 5.73 Å². The van der Waals surface area contributed by atoms with E-state index in [0.717, 1.165) is 5.52 Å². The van der Waals surface area contributed by atoms with Crippen LogP contribution in [0, 0.1) is 0 Å². The minimum atomic E-state index is -0.0881. The summed E-state index contributed by atoms with van der Waals surface area (Å²) >= 11 is 0. The number of hydrogen-bond acceptors (Lipinski definition) is 4. The Hall–Kier alpha value is -3.21. The molecule has 5 nitrogen and oxygen atoms in total. The lowest BCUT2D eigenvalue weighted by Gasteiger charge is -2.02. The third kappa shape index (κ3) is 1.69. The molecule has 0 amide bonds. The van der Waals surface area contributed by atoms with Crippen LogP contribution in [0.3, 0.4) is 0 Å². The number of ketones is 1. The van der Waals surface area contributed by atoms with Crippen molar-refractivity contribution in [3.05, 3.63) is 72.3 Å². The van der Waals surface area contributed by atoms with Crippen molar-refractivity contribution in [1.29, 1.82) is 0 Å². The van der Waals surface area contributed by atoms with Gasteiger partial charge in [0.2, 0.25) is 5.78 Å². The zero-order chi connectivity index (χ0) is 15.1. The monoisotopic (exact) mass is 288 g/mol. The average Bonchev–Trinajstić information content (AvgIpc) is 2.90. The van der Waals surface area contributed by atoms with E-state index in [1.54, 1.807) is 12.1 Å². The summed E-state index contributed by atoms with van der Waals surface area (Å²) in [5.41, 5.74) is 8.52. The van der Waals surface area contributed by atoms with Crippen molar-refractivity contribution in [1.82, 2.24) is 14.4 Å². The molecule has 0 radical (unpaired) electrons. The number of aromatic nitrogens is 3. The molecule has 1 aromatic carbocycles. The Kier molecular flexibility index (Phi) is 2.66. The Balaban J connectivity index is 2.12. The summed E-state index contributed by atoms with van der Waals surface area (Å²) in [6.45, 7) is 0. The van der Waals surface area contributed by atoms with Crippen molar-refractivity contribution in [2.24, 2.45) is 0 Å². The summed E-state index contributed by atoms with van der Waals surface area (Å²) in [6, 6.07) is 14.8. The molecule has 0 unspecified atom stereocenters. The number of carbonyl (C=O) groups excluding carboxylic acids is 1. The molecule has 22 heavy (non-hydrogen) atoms. The minimum Gasteiger partial charge on any atom is -0.383 e. The van der Waals surface area contributed by atoms with E-state index < -0.39 is 0 Å². The first-order valence-electron chi connectivity index (χ1n) is 6.86. The summed E-state index contributed by atoms with van der Waals surface area (Å²) in [6.07, 6.45) is 3.23. The molecule has 2 N–H and O–H groups in total. The first kappa shape index (κ1) is 12.5. The highest BCUT2D eigenvalue weighted by atomic mass is 16.1. The van der Waals surface area contributed by atoms with Gasteiger partial charge in [-0.25, -0.2) is 9.97 Å². The molecule has 0 saturated carbocycles. The Labute approximate surface area is 126 Å². The Morgan fingerprint density at radius 1 is 1.00 bits per heavy atom. The van der Waals surface area contributed by atoms with Gasteiger partial charge in [-0.15, -0.1) is 0 Å². The van der Waals surface area contributed by atoms with Gasteiger partial charge in [-0.1, -0.05) is 36.4 Å². The molecule has 0 aliphatic heterocycles. The summed E-state index contributed by atoms with van der Waals surface area (Å²) in [7, 11) is 0. The van der Waals surface area contributed by atoms with E-state index in [-0.39, 0.29) is 5.78 Å². The maximum absolute atomic E-state index is 12.9. The van der Waals surface area contributed by atoms with E-state index in [9.17, 15) is 4.79 Å². The molecule has 0 saturated heterocycles. The third-order valence-electron chi connectivity index (χ3n) is 3.71. The van der Waals surface area contributed by atoms with Crippen molar-refractivity contribution >= 4 is 28.0 Å². The smallest absolute Gasteiger partial charge is 0.211 e. The van der Waals surface area contributed by atoms with Crippen LogP contribution in [0.15, 0.2) is 61.1 Å². The number of anilines is 1. The van der Waals surface area contributed by atoms with E-state index in [2.05, 4.69) is 9.97 Å². The van der Waals surface area contributed by atoms with Crippen molar-refractivity contribution < 1.29 is 4.79 Å². The molecule has 0 aliphatic carbocycles. The second kappa shape index (κ2) is 4.66. The lowest BCUT2D eigenvalue weighted by molar-refractivity contribution is 0.103. The largest absolute Gasteiger partial charge is 0.383 e. The van der Waals surface area contributed by atoms with Gasteiger partial charge < -0.3 is 10.1 Å². The average molecular weight is 288 g/mol. The van der Waals surface area contributed by atoms with Crippen LogP contribution in [0.1, 0.15) is 16.1 Å². The summed E-state index contributed by atoms with van der Waals surface area (Å²) in [4.78, 5) is 21.3. The fourth-order valence-electron chi connectivity index (χ4n) is 2.73. The molecule has 4 aromatic rings. The summed E-state index contributed by atoms with van der Waals surface area (Å²) < 4.78 is 1.82. The molecule has 3 heterocycles. The van der Waals surface area contributed by atoms with Gasteiger partial charge in [-0.05, 0) is 12.1 Å². The van der Waals surface area contributed by atoms with E-state index in [4.69, 9.17) is 5.73 Å². The van der Waals surface area contributed by atoms with E-state index in [1.807, 2.05) is 47.0 Å². The zero-order valence-corrected chi connectivity index (χ0v) is 11.6. The Morgan fingerprint density at radius 3 is 2.59 bits per heavy atom. The fraction of sp³-hybridized carbons (Fsp3) is 0. The molecule has 0 spiro atoms. The molecule has 0 atom stereocenters. The van der Waals surface area contributed by atoms with Crippen LogP contribution in [0.25, 0.3) is 16.4 Å². The van der Waals surface area contributed by atoms with Gasteiger partial charge in [0.05, 0.1) is 10.9 Å². The van der Waals surface area contributed by atoms with Crippen molar-refractivity contribution in [3.8, 4) is 0 Å². The number of rotatable bonds is 2. The quantitative estimate of drug-likeness (QED) is 0.575. The van der Waals surface area contributed by atoms with Crippen molar-refractivity contribution in [3.63, 3.8) is 0 Å². The van der Waals surface area contributed by atoms with E-state index in [1.165, 1.54) is 6.33 Å². The molecule has 0 bridgehead atoms. The Bertz CT molecular complexity index is 1010. The molecular weight excluding hydrogens is 276 g/mol. The highest BCUT2D eigenvalue weighted by Gasteiger charge is 2.21. The van der Waals surface area contributed by atoms with Gasteiger partial charge in [0.15, 0.2) is 0 Å². The number of carbonyl (C=O) groups is 1. The second-order valence-corrected chi connectivity index (χ2v) is 4.98. The standard InChI is InChI=1S/C17H12N4O/c18-17-13-12-8-4-5-9-21(12)15(14(13)19-10-20-17)16(22)11-6-2-1-3-7-11/h1-10H,(H2,18,19,20). The van der Waals surface area contributed by atoms with Crippen LogP contribution >= 0.6 is 0 Å². The van der Waals surface area contributed by atoms with Crippen LogP contribution in [-0.4, -0.2) is 20.2 Å². The van der Waals surface area contributed by atoms with E-state index in [0.29, 0.717) is 28.0 Å². The lowest BCUT2D eigenvalue weighted by Crippen LogP contribution is -2.06. The van der Waals surface area contributed by atoms with E-state index >= 15 is 0 Å². The fourth-order valence-corrected chi connectivity index (χ4v) is 2.73. The normalized spacial score (nSPS) is 11.1. The molecule has 0 aliphatic rings. The zero-order valence-electron chi connectivity index (χ0n) is 11.6. The predicted octanol–water partition coefficient (Wildman–Crippen LogP) is 2.70. The molecule has 4 rings (SSSR count). The van der Waals surface area contributed by atoms with Gasteiger partial charge in [-0.3, -0.25) is 4.79 Å². The number of pyridine rings is 1. The van der Waals surface area contributed by atoms with Crippen LogP contribution in [0.2, 0.25) is 0 Å². The molecule has 5 heteroatoms. The number of nitrogens with two attached hydrogens (primary N) is 1. The third-order valence-corrected chi connectivity index (χ3v) is 3.71. The molecular formula is C17H12N4O. The van der Waals surface area contributed by atoms with Crippen molar-refractivity contribution in [2.45, 2.75) is 0 Å². The van der Waals surface area contributed by atoms with Gasteiger partial charge in [0, 0.05) is 11.8 Å².